The standard InChI is InChI=1S/C19H25N3O5S/c1-14-5-7-16(8-6-14)28(24,25)21-20-15-11-18(2)9-10-19(12-15,27-18)13-22(3)17(23)26-4/h5-10,21H,11-13H2,1-4H3. The summed E-state index contributed by atoms with van der Waals surface area (Å²) in [6, 6.07) is 6.56. The van der Waals surface area contributed by atoms with Gasteiger partial charge in [-0.1, -0.05) is 29.8 Å². The lowest BCUT2D eigenvalue weighted by Gasteiger charge is -2.40. The molecule has 3 rings (SSSR count). The normalized spacial score (nSPS) is 27.6. The van der Waals surface area contributed by atoms with Crippen molar-refractivity contribution >= 4 is 21.8 Å². The smallest absolute Gasteiger partial charge is 0.409 e. The quantitative estimate of drug-likeness (QED) is 0.596. The number of hydrazone groups is 1. The Morgan fingerprint density at radius 2 is 1.96 bits per heavy atom. The number of hydrogen-bond donors (Lipinski definition) is 1. The highest BCUT2D eigenvalue weighted by Gasteiger charge is 2.49. The van der Waals surface area contributed by atoms with Gasteiger partial charge >= 0.3 is 6.09 Å². The maximum Gasteiger partial charge on any atom is 0.409 e. The molecule has 0 radical (unpaired) electrons. The van der Waals surface area contributed by atoms with E-state index in [4.69, 9.17) is 9.47 Å². The second-order valence-corrected chi connectivity index (χ2v) is 9.24. The molecule has 1 aromatic carbocycles. The van der Waals surface area contributed by atoms with Crippen LogP contribution in [0.25, 0.3) is 0 Å². The highest BCUT2D eigenvalue weighted by molar-refractivity contribution is 7.89. The van der Waals surface area contributed by atoms with Crippen molar-refractivity contribution in [3.63, 3.8) is 0 Å². The fourth-order valence-corrected chi connectivity index (χ4v) is 4.45. The molecule has 1 aromatic rings. The van der Waals surface area contributed by atoms with Crippen LogP contribution in [-0.2, 0) is 19.5 Å². The number of hydrogen-bond acceptors (Lipinski definition) is 6. The van der Waals surface area contributed by atoms with Gasteiger partial charge in [-0.25, -0.2) is 9.63 Å². The number of sulfonamides is 1. The van der Waals surface area contributed by atoms with E-state index in [0.717, 1.165) is 5.56 Å². The van der Waals surface area contributed by atoms with Crippen molar-refractivity contribution in [2.24, 2.45) is 5.10 Å². The number of likely N-dealkylation sites (N-methyl/N-ethyl adjacent to an activating group) is 1. The number of aryl methyl sites for hydroxylation is 1. The predicted octanol–water partition coefficient (Wildman–Crippen LogP) is 2.21. The summed E-state index contributed by atoms with van der Waals surface area (Å²) in [5.74, 6) is 0. The van der Waals surface area contributed by atoms with E-state index in [0.29, 0.717) is 18.6 Å². The molecule has 9 heteroatoms. The maximum absolute atomic E-state index is 12.5. The van der Waals surface area contributed by atoms with E-state index >= 15 is 0 Å². The van der Waals surface area contributed by atoms with Crippen molar-refractivity contribution in [3.8, 4) is 0 Å². The minimum Gasteiger partial charge on any atom is -0.453 e. The molecule has 2 heterocycles. The number of amides is 1. The Hall–Kier alpha value is -2.39. The molecule has 28 heavy (non-hydrogen) atoms. The number of fused-ring (bicyclic) bond motifs is 2. The number of ether oxygens (including phenoxy) is 2. The van der Waals surface area contributed by atoms with Gasteiger partial charge in [0.05, 0.1) is 24.2 Å². The van der Waals surface area contributed by atoms with E-state index in [1.54, 1.807) is 31.3 Å². The van der Waals surface area contributed by atoms with Crippen LogP contribution in [0.5, 0.6) is 0 Å². The van der Waals surface area contributed by atoms with Gasteiger partial charge in [-0.2, -0.15) is 13.5 Å². The minimum absolute atomic E-state index is 0.155. The molecule has 0 spiro atoms. The molecule has 2 unspecified atom stereocenters. The topological polar surface area (TPSA) is 97.3 Å². The number of carbonyl (C=O) groups excluding carboxylic acids is 1. The van der Waals surface area contributed by atoms with Crippen LogP contribution in [0.1, 0.15) is 25.3 Å². The van der Waals surface area contributed by atoms with Crippen molar-refractivity contribution in [2.45, 2.75) is 42.8 Å². The van der Waals surface area contributed by atoms with Gasteiger partial charge in [0.25, 0.3) is 10.0 Å². The lowest BCUT2D eigenvalue weighted by molar-refractivity contribution is -0.0929. The second kappa shape index (κ2) is 7.21. The number of carbonyl (C=O) groups is 1. The molecule has 8 nitrogen and oxygen atoms in total. The van der Waals surface area contributed by atoms with Crippen molar-refractivity contribution in [2.75, 3.05) is 20.7 Å². The zero-order valence-electron chi connectivity index (χ0n) is 16.4. The molecule has 0 saturated carbocycles. The third kappa shape index (κ3) is 4.20. The summed E-state index contributed by atoms with van der Waals surface area (Å²) in [6.45, 7) is 4.07. The van der Waals surface area contributed by atoms with Gasteiger partial charge in [-0.3, -0.25) is 0 Å². The zero-order valence-corrected chi connectivity index (χ0v) is 17.2. The van der Waals surface area contributed by atoms with Crippen molar-refractivity contribution in [1.82, 2.24) is 9.73 Å². The van der Waals surface area contributed by atoms with Gasteiger partial charge in [0, 0.05) is 25.6 Å². The van der Waals surface area contributed by atoms with Crippen molar-refractivity contribution in [1.29, 1.82) is 0 Å². The lowest BCUT2D eigenvalue weighted by Crippen LogP contribution is -2.51. The van der Waals surface area contributed by atoms with E-state index in [2.05, 4.69) is 9.93 Å². The first-order valence-electron chi connectivity index (χ1n) is 8.90. The van der Waals surface area contributed by atoms with Crippen LogP contribution >= 0.6 is 0 Å². The molecule has 1 amide bonds. The third-order valence-electron chi connectivity index (χ3n) is 4.88. The van der Waals surface area contributed by atoms with Gasteiger partial charge in [0.2, 0.25) is 0 Å². The van der Waals surface area contributed by atoms with E-state index in [1.165, 1.54) is 12.0 Å². The van der Waals surface area contributed by atoms with Crippen LogP contribution in [0.15, 0.2) is 46.4 Å². The monoisotopic (exact) mass is 407 g/mol. The molecule has 1 fully saturated rings. The predicted molar refractivity (Wildman–Crippen MR) is 105 cm³/mol. The maximum atomic E-state index is 12.5. The van der Waals surface area contributed by atoms with E-state index < -0.39 is 27.3 Å². The Morgan fingerprint density at radius 1 is 1.29 bits per heavy atom. The summed E-state index contributed by atoms with van der Waals surface area (Å²) >= 11 is 0. The summed E-state index contributed by atoms with van der Waals surface area (Å²) in [4.78, 5) is 15.7. The largest absolute Gasteiger partial charge is 0.453 e. The molecular formula is C19H25N3O5S. The minimum atomic E-state index is -3.75. The van der Waals surface area contributed by atoms with Crippen LogP contribution in [-0.4, -0.2) is 57.0 Å². The van der Waals surface area contributed by atoms with Crippen LogP contribution < -0.4 is 4.83 Å². The number of methoxy groups -OCH3 is 1. The Morgan fingerprint density at radius 3 is 2.61 bits per heavy atom. The second-order valence-electron chi connectivity index (χ2n) is 7.58. The van der Waals surface area contributed by atoms with Crippen molar-refractivity contribution in [3.05, 3.63) is 42.0 Å². The highest BCUT2D eigenvalue weighted by atomic mass is 32.2. The van der Waals surface area contributed by atoms with E-state index in [-0.39, 0.29) is 11.4 Å². The summed E-state index contributed by atoms with van der Waals surface area (Å²) in [5.41, 5.74) is 0.280. The number of rotatable bonds is 5. The number of nitrogens with zero attached hydrogens (tertiary/aromatic N) is 2. The molecule has 152 valence electrons. The van der Waals surface area contributed by atoms with Gasteiger partial charge < -0.3 is 14.4 Å². The van der Waals surface area contributed by atoms with Gasteiger partial charge in [0.1, 0.15) is 5.60 Å². The molecule has 1 saturated heterocycles. The third-order valence-corrected chi connectivity index (χ3v) is 6.11. The summed E-state index contributed by atoms with van der Waals surface area (Å²) in [6.07, 6.45) is 4.23. The first-order chi connectivity index (χ1) is 13.1. The number of benzene rings is 1. The molecule has 2 aliphatic heterocycles. The number of nitrogens with one attached hydrogen (secondary N) is 1. The SMILES string of the molecule is COC(=O)N(C)CC12C=CC(C)(CC(=NNS(=O)(=O)c3ccc(C)cc3)C1)O2. The average molecular weight is 407 g/mol. The zero-order chi connectivity index (χ0) is 20.6. The first-order valence-corrected chi connectivity index (χ1v) is 10.4. The van der Waals surface area contributed by atoms with Crippen LogP contribution in [0.4, 0.5) is 4.79 Å². The van der Waals surface area contributed by atoms with Gasteiger partial charge in [-0.15, -0.1) is 0 Å². The molecule has 2 bridgehead atoms. The Kier molecular flexibility index (Phi) is 5.24. The molecule has 2 atom stereocenters. The van der Waals surface area contributed by atoms with Crippen LogP contribution in [0.3, 0.4) is 0 Å². The van der Waals surface area contributed by atoms with Gasteiger partial charge in [0.15, 0.2) is 0 Å². The van der Waals surface area contributed by atoms with E-state index in [1.807, 2.05) is 26.0 Å². The Bertz CT molecular complexity index is 925. The first kappa shape index (κ1) is 20.3. The van der Waals surface area contributed by atoms with Crippen LogP contribution in [0.2, 0.25) is 0 Å². The highest BCUT2D eigenvalue weighted by Crippen LogP contribution is 2.42. The molecule has 0 aliphatic carbocycles. The summed E-state index contributed by atoms with van der Waals surface area (Å²) in [7, 11) is -0.811. The van der Waals surface area contributed by atoms with E-state index in [9.17, 15) is 13.2 Å². The fourth-order valence-electron chi connectivity index (χ4n) is 3.60. The fraction of sp³-hybridized carbons (Fsp3) is 0.474. The lowest BCUT2D eigenvalue weighted by atomic mass is 9.90. The van der Waals surface area contributed by atoms with Gasteiger partial charge in [-0.05, 0) is 26.0 Å². The van der Waals surface area contributed by atoms with Crippen molar-refractivity contribution < 1.29 is 22.7 Å². The summed E-state index contributed by atoms with van der Waals surface area (Å²) in [5, 5.41) is 4.18. The van der Waals surface area contributed by atoms with Crippen LogP contribution in [0, 0.1) is 6.92 Å². The molecule has 2 aliphatic rings. The molecule has 0 aromatic heterocycles. The summed E-state index contributed by atoms with van der Waals surface area (Å²) < 4.78 is 35.9. The Balaban J connectivity index is 1.78. The average Bonchev–Trinajstić information content (AvgIpc) is 2.88. The Labute approximate surface area is 165 Å². The molecule has 1 N–H and O–H groups in total. The molecular weight excluding hydrogens is 382 g/mol.